The Balaban J connectivity index is 1.53. The van der Waals surface area contributed by atoms with E-state index < -0.39 is 10.0 Å². The zero-order valence-electron chi connectivity index (χ0n) is 18.5. The van der Waals surface area contributed by atoms with Gasteiger partial charge in [0.15, 0.2) is 0 Å². The van der Waals surface area contributed by atoms with Crippen LogP contribution in [0.4, 0.5) is 0 Å². The Kier molecular flexibility index (Phi) is 7.87. The van der Waals surface area contributed by atoms with Crippen LogP contribution < -0.4 is 15.2 Å². The van der Waals surface area contributed by atoms with Crippen molar-refractivity contribution in [2.75, 3.05) is 13.2 Å². The van der Waals surface area contributed by atoms with E-state index in [0.29, 0.717) is 37.9 Å². The van der Waals surface area contributed by atoms with E-state index in [1.807, 2.05) is 35.8 Å². The lowest BCUT2D eigenvalue weighted by Crippen LogP contribution is -2.26. The lowest BCUT2D eigenvalue weighted by Gasteiger charge is -2.09. The SMILES string of the molecule is CCCn1c(CCC(=O)NCCCOc2cccc(C)c2)nc2cc(S(N)(=O)=O)ccc21. The number of rotatable bonds is 11. The zero-order valence-corrected chi connectivity index (χ0v) is 19.3. The lowest BCUT2D eigenvalue weighted by atomic mass is 10.2. The molecule has 0 aliphatic rings. The van der Waals surface area contributed by atoms with Crippen LogP contribution in [0.2, 0.25) is 0 Å². The minimum Gasteiger partial charge on any atom is -0.494 e. The minimum atomic E-state index is -3.79. The topological polar surface area (TPSA) is 116 Å². The standard InChI is InChI=1S/C23H30N4O4S/c1-3-13-27-21-9-8-19(32(24,29)30)16-20(21)26-22(27)10-11-23(28)25-12-5-14-31-18-7-4-6-17(2)15-18/h4,6-9,15-16H,3,5,10-14H2,1-2H3,(H,25,28)(H2,24,29,30). The number of fused-ring (bicyclic) bond motifs is 1. The Bertz CT molecular complexity index is 1190. The van der Waals surface area contributed by atoms with Gasteiger partial charge in [-0.15, -0.1) is 0 Å². The van der Waals surface area contributed by atoms with Crippen molar-refractivity contribution < 1.29 is 17.9 Å². The van der Waals surface area contributed by atoms with Gasteiger partial charge in [-0.1, -0.05) is 19.1 Å². The fraction of sp³-hybridized carbons (Fsp3) is 0.391. The van der Waals surface area contributed by atoms with E-state index in [2.05, 4.69) is 17.2 Å². The number of amides is 1. The third-order valence-electron chi connectivity index (χ3n) is 5.05. The zero-order chi connectivity index (χ0) is 23.1. The number of aromatic nitrogens is 2. The van der Waals surface area contributed by atoms with Crippen LogP contribution in [0.3, 0.4) is 0 Å². The highest BCUT2D eigenvalue weighted by molar-refractivity contribution is 7.89. The number of carbonyl (C=O) groups is 1. The fourth-order valence-corrected chi connectivity index (χ4v) is 4.04. The quantitative estimate of drug-likeness (QED) is 0.429. The van der Waals surface area contributed by atoms with Crippen molar-refractivity contribution in [2.45, 2.75) is 51.0 Å². The van der Waals surface area contributed by atoms with E-state index in [1.54, 1.807) is 6.07 Å². The van der Waals surface area contributed by atoms with E-state index >= 15 is 0 Å². The Labute approximate surface area is 188 Å². The fourth-order valence-electron chi connectivity index (χ4n) is 3.51. The number of aryl methyl sites for hydroxylation is 3. The Morgan fingerprint density at radius 3 is 2.75 bits per heavy atom. The largest absolute Gasteiger partial charge is 0.494 e. The van der Waals surface area contributed by atoms with Crippen LogP contribution in [0.25, 0.3) is 11.0 Å². The lowest BCUT2D eigenvalue weighted by molar-refractivity contribution is -0.121. The first-order valence-electron chi connectivity index (χ1n) is 10.8. The second kappa shape index (κ2) is 10.6. The molecule has 8 nitrogen and oxygen atoms in total. The van der Waals surface area contributed by atoms with Crippen LogP contribution in [0, 0.1) is 6.92 Å². The van der Waals surface area contributed by atoms with Crippen LogP contribution in [0.15, 0.2) is 47.4 Å². The summed E-state index contributed by atoms with van der Waals surface area (Å²) in [5.41, 5.74) is 2.54. The molecule has 0 spiro atoms. The normalized spacial score (nSPS) is 11.6. The summed E-state index contributed by atoms with van der Waals surface area (Å²) >= 11 is 0. The van der Waals surface area contributed by atoms with Gasteiger partial charge in [0.25, 0.3) is 0 Å². The molecule has 0 saturated carbocycles. The summed E-state index contributed by atoms with van der Waals surface area (Å²) in [7, 11) is -3.79. The van der Waals surface area contributed by atoms with Crippen LogP contribution >= 0.6 is 0 Å². The summed E-state index contributed by atoms with van der Waals surface area (Å²) < 4.78 is 31.0. The van der Waals surface area contributed by atoms with Crippen molar-refractivity contribution in [3.8, 4) is 5.75 Å². The number of nitrogens with zero attached hydrogens (tertiary/aromatic N) is 2. The number of nitrogens with one attached hydrogen (secondary N) is 1. The Hall–Kier alpha value is -2.91. The summed E-state index contributed by atoms with van der Waals surface area (Å²) in [6, 6.07) is 12.5. The van der Waals surface area contributed by atoms with Crippen molar-refractivity contribution >= 4 is 27.0 Å². The maximum absolute atomic E-state index is 12.3. The average molecular weight is 459 g/mol. The van der Waals surface area contributed by atoms with Gasteiger partial charge in [0, 0.05) is 25.9 Å². The number of primary sulfonamides is 1. The third kappa shape index (κ3) is 6.30. The van der Waals surface area contributed by atoms with E-state index in [-0.39, 0.29) is 10.8 Å². The maximum Gasteiger partial charge on any atom is 0.238 e. The van der Waals surface area contributed by atoms with Gasteiger partial charge in [0.2, 0.25) is 15.9 Å². The second-order valence-electron chi connectivity index (χ2n) is 7.74. The monoisotopic (exact) mass is 458 g/mol. The number of ether oxygens (including phenoxy) is 1. The molecule has 0 saturated heterocycles. The summed E-state index contributed by atoms with van der Waals surface area (Å²) in [5, 5.41) is 8.15. The van der Waals surface area contributed by atoms with E-state index in [1.165, 1.54) is 12.1 Å². The number of nitrogens with two attached hydrogens (primary N) is 1. The molecule has 2 aromatic carbocycles. The smallest absolute Gasteiger partial charge is 0.238 e. The van der Waals surface area contributed by atoms with Gasteiger partial charge in [-0.3, -0.25) is 4.79 Å². The molecule has 1 amide bonds. The first-order chi connectivity index (χ1) is 15.3. The second-order valence-corrected chi connectivity index (χ2v) is 9.31. The molecular weight excluding hydrogens is 428 g/mol. The number of benzene rings is 2. The summed E-state index contributed by atoms with van der Waals surface area (Å²) in [6.45, 7) is 5.87. The van der Waals surface area contributed by atoms with Gasteiger partial charge in [0.05, 0.1) is 22.5 Å². The van der Waals surface area contributed by atoms with Gasteiger partial charge in [-0.05, 0) is 55.7 Å². The van der Waals surface area contributed by atoms with E-state index in [4.69, 9.17) is 9.88 Å². The van der Waals surface area contributed by atoms with Crippen LogP contribution in [-0.4, -0.2) is 37.0 Å². The predicted molar refractivity (Wildman–Crippen MR) is 124 cm³/mol. The first kappa shape index (κ1) is 23.7. The van der Waals surface area contributed by atoms with Crippen molar-refractivity contribution in [2.24, 2.45) is 5.14 Å². The molecular formula is C23H30N4O4S. The molecule has 32 heavy (non-hydrogen) atoms. The molecule has 3 N–H and O–H groups in total. The molecule has 172 valence electrons. The van der Waals surface area contributed by atoms with Crippen LogP contribution in [-0.2, 0) is 27.8 Å². The van der Waals surface area contributed by atoms with Crippen molar-refractivity contribution in [1.29, 1.82) is 0 Å². The molecule has 0 radical (unpaired) electrons. The molecule has 3 rings (SSSR count). The minimum absolute atomic E-state index is 0.0309. The van der Waals surface area contributed by atoms with Crippen molar-refractivity contribution in [1.82, 2.24) is 14.9 Å². The molecule has 1 heterocycles. The van der Waals surface area contributed by atoms with Crippen molar-refractivity contribution in [3.63, 3.8) is 0 Å². The molecule has 3 aromatic rings. The highest BCUT2D eigenvalue weighted by atomic mass is 32.2. The van der Waals surface area contributed by atoms with Crippen LogP contribution in [0.5, 0.6) is 5.75 Å². The van der Waals surface area contributed by atoms with E-state index in [9.17, 15) is 13.2 Å². The predicted octanol–water partition coefficient (Wildman–Crippen LogP) is 2.92. The highest BCUT2D eigenvalue weighted by Gasteiger charge is 2.15. The molecule has 1 aromatic heterocycles. The van der Waals surface area contributed by atoms with Gasteiger partial charge in [-0.25, -0.2) is 18.5 Å². The van der Waals surface area contributed by atoms with Gasteiger partial charge in [-0.2, -0.15) is 0 Å². The summed E-state index contributed by atoms with van der Waals surface area (Å²) in [5.74, 6) is 1.53. The van der Waals surface area contributed by atoms with E-state index in [0.717, 1.165) is 35.6 Å². The van der Waals surface area contributed by atoms with Gasteiger partial charge < -0.3 is 14.6 Å². The number of imidazole rings is 1. The average Bonchev–Trinajstić information content (AvgIpc) is 3.08. The molecule has 0 aliphatic carbocycles. The Morgan fingerprint density at radius 2 is 2.03 bits per heavy atom. The highest BCUT2D eigenvalue weighted by Crippen LogP contribution is 2.21. The molecule has 0 fully saturated rings. The Morgan fingerprint density at radius 1 is 1.22 bits per heavy atom. The van der Waals surface area contributed by atoms with Crippen molar-refractivity contribution in [3.05, 3.63) is 53.9 Å². The maximum atomic E-state index is 12.3. The third-order valence-corrected chi connectivity index (χ3v) is 5.96. The molecule has 9 heteroatoms. The molecule has 0 aliphatic heterocycles. The number of hydrogen-bond donors (Lipinski definition) is 2. The molecule has 0 unspecified atom stereocenters. The first-order valence-corrected chi connectivity index (χ1v) is 12.3. The summed E-state index contributed by atoms with van der Waals surface area (Å²) in [4.78, 5) is 16.9. The summed E-state index contributed by atoms with van der Waals surface area (Å²) in [6.07, 6.45) is 2.37. The van der Waals surface area contributed by atoms with Gasteiger partial charge in [0.1, 0.15) is 11.6 Å². The molecule has 0 atom stereocenters. The van der Waals surface area contributed by atoms with Gasteiger partial charge >= 0.3 is 0 Å². The molecule has 0 bridgehead atoms. The number of carbonyl (C=O) groups excluding carboxylic acids is 1. The number of sulfonamides is 1. The number of hydrogen-bond acceptors (Lipinski definition) is 5. The van der Waals surface area contributed by atoms with Crippen LogP contribution in [0.1, 0.15) is 37.6 Å².